The maximum atomic E-state index is 13.5. The van der Waals surface area contributed by atoms with Gasteiger partial charge in [0.15, 0.2) is 11.5 Å². The van der Waals surface area contributed by atoms with Crippen molar-refractivity contribution in [1.82, 2.24) is 5.32 Å². The Hall–Kier alpha value is -3.87. The van der Waals surface area contributed by atoms with Crippen LogP contribution in [0.3, 0.4) is 0 Å². The molecule has 0 radical (unpaired) electrons. The first-order chi connectivity index (χ1) is 18.8. The van der Waals surface area contributed by atoms with Crippen LogP contribution in [0.15, 0.2) is 54.6 Å². The van der Waals surface area contributed by atoms with Crippen LogP contribution in [-0.4, -0.2) is 32.1 Å². The van der Waals surface area contributed by atoms with Gasteiger partial charge in [-0.1, -0.05) is 18.2 Å². The molecular formula is C32H34N2O5. The number of nitrogens with zero attached hydrogens (tertiary/aromatic N) is 1. The van der Waals surface area contributed by atoms with Gasteiger partial charge in [0, 0.05) is 5.56 Å². The smallest absolute Gasteiger partial charge is 0.335 e. The summed E-state index contributed by atoms with van der Waals surface area (Å²) in [4.78, 5) is 40.2. The Labute approximate surface area is 228 Å². The fourth-order valence-corrected chi connectivity index (χ4v) is 7.94. The number of imide groups is 2. The highest BCUT2D eigenvalue weighted by molar-refractivity contribution is 6.39. The molecule has 7 rings (SSSR count). The summed E-state index contributed by atoms with van der Waals surface area (Å²) in [6.07, 6.45) is 11.6. The minimum Gasteiger partial charge on any atom is -0.493 e. The van der Waals surface area contributed by atoms with E-state index in [0.29, 0.717) is 29.2 Å². The lowest BCUT2D eigenvalue weighted by Gasteiger charge is -2.57. The van der Waals surface area contributed by atoms with Gasteiger partial charge in [-0.05, 0) is 110 Å². The summed E-state index contributed by atoms with van der Waals surface area (Å²) in [6, 6.07) is 10.6. The monoisotopic (exact) mass is 526 g/mol. The number of hydrogen-bond acceptors (Lipinski definition) is 5. The van der Waals surface area contributed by atoms with Gasteiger partial charge in [-0.25, -0.2) is 9.69 Å². The number of carbonyl (C=O) groups is 3. The Morgan fingerprint density at radius 2 is 1.62 bits per heavy atom. The summed E-state index contributed by atoms with van der Waals surface area (Å²) in [5.41, 5.74) is 3.23. The maximum absolute atomic E-state index is 13.5. The Morgan fingerprint density at radius 3 is 2.18 bits per heavy atom. The molecule has 5 aliphatic rings. The van der Waals surface area contributed by atoms with Crippen molar-refractivity contribution in [2.45, 2.75) is 50.4 Å². The molecule has 4 bridgehead atoms. The van der Waals surface area contributed by atoms with Crippen LogP contribution in [0.4, 0.5) is 10.5 Å². The average molecular weight is 527 g/mol. The van der Waals surface area contributed by atoms with Crippen molar-refractivity contribution in [3.8, 4) is 11.5 Å². The third-order valence-electron chi connectivity index (χ3n) is 9.13. The highest BCUT2D eigenvalue weighted by atomic mass is 16.5. The van der Waals surface area contributed by atoms with E-state index in [1.807, 2.05) is 18.2 Å². The van der Waals surface area contributed by atoms with E-state index >= 15 is 0 Å². The molecule has 2 aromatic rings. The van der Waals surface area contributed by atoms with E-state index in [1.54, 1.807) is 19.3 Å². The highest BCUT2D eigenvalue weighted by Crippen LogP contribution is 2.60. The second-order valence-corrected chi connectivity index (χ2v) is 11.6. The normalized spacial score (nSPS) is 28.6. The molecule has 5 fully saturated rings. The van der Waals surface area contributed by atoms with Gasteiger partial charge in [0.1, 0.15) is 5.57 Å². The largest absolute Gasteiger partial charge is 0.493 e. The molecule has 1 heterocycles. The number of amides is 4. The first kappa shape index (κ1) is 25.4. The molecule has 2 aromatic carbocycles. The molecule has 7 nitrogen and oxygen atoms in total. The Balaban J connectivity index is 1.30. The molecule has 4 amide bonds. The summed E-state index contributed by atoms with van der Waals surface area (Å²) in [7, 11) is 3.08. The molecule has 1 aliphatic heterocycles. The predicted molar refractivity (Wildman–Crippen MR) is 149 cm³/mol. The highest BCUT2D eigenvalue weighted by Gasteiger charge is 2.51. The van der Waals surface area contributed by atoms with Crippen molar-refractivity contribution in [3.05, 3.63) is 71.3 Å². The van der Waals surface area contributed by atoms with Gasteiger partial charge in [0.2, 0.25) is 0 Å². The van der Waals surface area contributed by atoms with Gasteiger partial charge < -0.3 is 9.47 Å². The SMILES string of the molecule is C=CCc1cc(/C=C2\C(=O)NC(=O)N(c3ccc(C45CC6CC(CC(C6)C4)C5)cc3)C2=O)cc(OC)c1OC. The van der Waals surface area contributed by atoms with Crippen molar-refractivity contribution < 1.29 is 23.9 Å². The number of barbiturate groups is 1. The van der Waals surface area contributed by atoms with Crippen LogP contribution in [0.2, 0.25) is 0 Å². The molecule has 0 spiro atoms. The number of anilines is 1. The molecule has 39 heavy (non-hydrogen) atoms. The minimum absolute atomic E-state index is 0.128. The van der Waals surface area contributed by atoms with Crippen LogP contribution in [0.25, 0.3) is 6.08 Å². The summed E-state index contributed by atoms with van der Waals surface area (Å²) >= 11 is 0. The van der Waals surface area contributed by atoms with Gasteiger partial charge in [0.05, 0.1) is 19.9 Å². The number of rotatable bonds is 7. The predicted octanol–water partition coefficient (Wildman–Crippen LogP) is 5.57. The number of carbonyl (C=O) groups excluding carboxylic acids is 3. The van der Waals surface area contributed by atoms with E-state index < -0.39 is 17.8 Å². The van der Waals surface area contributed by atoms with E-state index in [9.17, 15) is 14.4 Å². The van der Waals surface area contributed by atoms with Crippen molar-refractivity contribution in [1.29, 1.82) is 0 Å². The molecule has 1 N–H and O–H groups in total. The van der Waals surface area contributed by atoms with Crippen LogP contribution >= 0.6 is 0 Å². The fraction of sp³-hybridized carbons (Fsp3) is 0.406. The van der Waals surface area contributed by atoms with Gasteiger partial charge >= 0.3 is 6.03 Å². The first-order valence-corrected chi connectivity index (χ1v) is 13.7. The quantitative estimate of drug-likeness (QED) is 0.290. The number of allylic oxidation sites excluding steroid dienone is 1. The minimum atomic E-state index is -0.746. The molecule has 1 saturated heterocycles. The zero-order valence-corrected chi connectivity index (χ0v) is 22.5. The van der Waals surface area contributed by atoms with Crippen LogP contribution in [0.1, 0.15) is 55.2 Å². The summed E-state index contributed by atoms with van der Waals surface area (Å²) in [5.74, 6) is 2.13. The Kier molecular flexibility index (Phi) is 6.32. The van der Waals surface area contributed by atoms with Crippen molar-refractivity contribution in [3.63, 3.8) is 0 Å². The Morgan fingerprint density at radius 1 is 0.974 bits per heavy atom. The van der Waals surface area contributed by atoms with Crippen molar-refractivity contribution in [2.75, 3.05) is 19.1 Å². The molecule has 4 aliphatic carbocycles. The molecule has 0 unspecified atom stereocenters. The number of nitrogens with one attached hydrogen (secondary N) is 1. The Bertz CT molecular complexity index is 1350. The number of urea groups is 1. The summed E-state index contributed by atoms with van der Waals surface area (Å²) in [6.45, 7) is 3.79. The standard InChI is InChI=1S/C32H34N2O5/c1-4-5-23-13-19(15-27(38-2)28(23)39-3)14-26-29(35)33-31(37)34(30(26)36)25-8-6-24(7-9-25)32-16-20-10-21(17-32)12-22(11-20)18-32/h4,6-9,13-15,20-22H,1,5,10-12,16-18H2,2-3H3,(H,33,35,37)/b26-14+. The zero-order chi connectivity index (χ0) is 27.3. The van der Waals surface area contributed by atoms with Crippen LogP contribution in [0.5, 0.6) is 11.5 Å². The molecule has 7 heteroatoms. The lowest BCUT2D eigenvalue weighted by molar-refractivity contribution is -0.122. The number of methoxy groups -OCH3 is 2. The van der Waals surface area contributed by atoms with Crippen LogP contribution < -0.4 is 19.7 Å². The summed E-state index contributed by atoms with van der Waals surface area (Å²) in [5, 5.41) is 2.33. The molecular weight excluding hydrogens is 492 g/mol. The van der Waals surface area contributed by atoms with Gasteiger partial charge in [0.25, 0.3) is 11.8 Å². The lowest BCUT2D eigenvalue weighted by atomic mass is 9.48. The van der Waals surface area contributed by atoms with E-state index in [4.69, 9.17) is 9.47 Å². The topological polar surface area (TPSA) is 84.9 Å². The molecule has 0 aromatic heterocycles. The van der Waals surface area contributed by atoms with Gasteiger partial charge in [-0.3, -0.25) is 14.9 Å². The van der Waals surface area contributed by atoms with Gasteiger partial charge in [-0.15, -0.1) is 6.58 Å². The van der Waals surface area contributed by atoms with E-state index in [-0.39, 0.29) is 11.0 Å². The number of ether oxygens (including phenoxy) is 2. The first-order valence-electron chi connectivity index (χ1n) is 13.7. The van der Waals surface area contributed by atoms with E-state index in [0.717, 1.165) is 28.2 Å². The number of hydrogen-bond donors (Lipinski definition) is 1. The third kappa shape index (κ3) is 4.34. The summed E-state index contributed by atoms with van der Waals surface area (Å²) < 4.78 is 11.0. The third-order valence-corrected chi connectivity index (χ3v) is 9.13. The van der Waals surface area contributed by atoms with Crippen LogP contribution in [0, 0.1) is 17.8 Å². The maximum Gasteiger partial charge on any atom is 0.335 e. The second-order valence-electron chi connectivity index (χ2n) is 11.6. The second kappa shape index (κ2) is 9.70. The molecule has 0 atom stereocenters. The number of benzene rings is 2. The van der Waals surface area contributed by atoms with Crippen LogP contribution in [-0.2, 0) is 21.4 Å². The average Bonchev–Trinajstić information content (AvgIpc) is 2.90. The van der Waals surface area contributed by atoms with E-state index in [2.05, 4.69) is 24.0 Å². The van der Waals surface area contributed by atoms with E-state index in [1.165, 1.54) is 57.3 Å². The lowest BCUT2D eigenvalue weighted by Crippen LogP contribution is -2.54. The van der Waals surface area contributed by atoms with Gasteiger partial charge in [-0.2, -0.15) is 0 Å². The molecule has 4 saturated carbocycles. The zero-order valence-electron chi connectivity index (χ0n) is 22.5. The van der Waals surface area contributed by atoms with Crippen molar-refractivity contribution >= 4 is 29.6 Å². The molecule has 202 valence electrons. The van der Waals surface area contributed by atoms with Crippen molar-refractivity contribution in [2.24, 2.45) is 17.8 Å². The fourth-order valence-electron chi connectivity index (χ4n) is 7.94.